The highest BCUT2D eigenvalue weighted by Gasteiger charge is 2.31. The molecular formula is C18H15F4NO4. The number of benzene rings is 2. The van der Waals surface area contributed by atoms with Gasteiger partial charge < -0.3 is 14.8 Å². The van der Waals surface area contributed by atoms with Gasteiger partial charge in [-0.1, -0.05) is 18.2 Å². The number of rotatable bonds is 6. The Hall–Kier alpha value is -3.10. The van der Waals surface area contributed by atoms with Crippen molar-refractivity contribution in [3.63, 3.8) is 0 Å². The van der Waals surface area contributed by atoms with E-state index < -0.39 is 35.9 Å². The standard InChI is InChI=1S/C18H15F4NO4/c1-11(26-16(24)10-12-4-2-3-5-15(12)19)17(25)23-13-6-8-14(9-7-13)27-18(20,21)22/h2-9,11H,10H2,1H3,(H,23,25)/t11-/m0/s1. The number of carbonyl (C=O) groups excluding carboxylic acids is 2. The molecule has 9 heteroatoms. The van der Waals surface area contributed by atoms with Gasteiger partial charge in [-0.15, -0.1) is 13.2 Å². The number of hydrogen-bond acceptors (Lipinski definition) is 4. The van der Waals surface area contributed by atoms with E-state index in [0.717, 1.165) is 12.1 Å². The molecule has 0 aliphatic heterocycles. The van der Waals surface area contributed by atoms with Crippen molar-refractivity contribution in [3.05, 3.63) is 59.9 Å². The van der Waals surface area contributed by atoms with Gasteiger partial charge in [-0.3, -0.25) is 9.59 Å². The van der Waals surface area contributed by atoms with Gasteiger partial charge in [0.25, 0.3) is 5.91 Å². The molecule has 0 radical (unpaired) electrons. The Morgan fingerprint density at radius 2 is 1.70 bits per heavy atom. The van der Waals surface area contributed by atoms with Gasteiger partial charge in [0.2, 0.25) is 0 Å². The zero-order valence-corrected chi connectivity index (χ0v) is 14.0. The lowest BCUT2D eigenvalue weighted by Gasteiger charge is -2.14. The first-order valence-corrected chi connectivity index (χ1v) is 7.73. The molecule has 0 aliphatic rings. The summed E-state index contributed by atoms with van der Waals surface area (Å²) in [5.74, 6) is -2.49. The molecule has 0 spiro atoms. The Balaban J connectivity index is 1.88. The van der Waals surface area contributed by atoms with E-state index in [1.807, 2.05) is 0 Å². The summed E-state index contributed by atoms with van der Waals surface area (Å²) < 4.78 is 58.4. The molecular weight excluding hydrogens is 370 g/mol. The monoisotopic (exact) mass is 385 g/mol. The van der Waals surface area contributed by atoms with Crippen LogP contribution in [0.15, 0.2) is 48.5 Å². The second-order valence-corrected chi connectivity index (χ2v) is 5.46. The van der Waals surface area contributed by atoms with E-state index >= 15 is 0 Å². The van der Waals surface area contributed by atoms with Crippen LogP contribution in [-0.4, -0.2) is 24.3 Å². The fourth-order valence-corrected chi connectivity index (χ4v) is 2.07. The first kappa shape index (κ1) is 20.2. The predicted molar refractivity (Wildman–Crippen MR) is 87.4 cm³/mol. The summed E-state index contributed by atoms with van der Waals surface area (Å²) in [4.78, 5) is 23.8. The van der Waals surface area contributed by atoms with Crippen molar-refractivity contribution >= 4 is 17.6 Å². The number of anilines is 1. The number of carbonyl (C=O) groups is 2. The second kappa shape index (κ2) is 8.52. The fourth-order valence-electron chi connectivity index (χ4n) is 2.07. The van der Waals surface area contributed by atoms with E-state index in [0.29, 0.717) is 0 Å². The van der Waals surface area contributed by atoms with Crippen molar-refractivity contribution in [2.75, 3.05) is 5.32 Å². The maximum atomic E-state index is 13.5. The molecule has 0 saturated carbocycles. The number of hydrogen-bond donors (Lipinski definition) is 1. The lowest BCUT2D eigenvalue weighted by Crippen LogP contribution is -2.30. The number of alkyl halides is 3. The molecule has 0 heterocycles. The third-order valence-corrected chi connectivity index (χ3v) is 3.33. The van der Waals surface area contributed by atoms with Gasteiger partial charge >= 0.3 is 12.3 Å². The third-order valence-electron chi connectivity index (χ3n) is 3.33. The highest BCUT2D eigenvalue weighted by atomic mass is 19.4. The van der Waals surface area contributed by atoms with Crippen molar-refractivity contribution in [2.24, 2.45) is 0 Å². The molecule has 27 heavy (non-hydrogen) atoms. The number of ether oxygens (including phenoxy) is 2. The highest BCUT2D eigenvalue weighted by Crippen LogP contribution is 2.24. The van der Waals surface area contributed by atoms with E-state index in [4.69, 9.17) is 4.74 Å². The maximum Gasteiger partial charge on any atom is 0.573 e. The number of esters is 1. The molecule has 0 unspecified atom stereocenters. The van der Waals surface area contributed by atoms with Gasteiger partial charge in [0, 0.05) is 5.69 Å². The van der Waals surface area contributed by atoms with Crippen LogP contribution in [0.4, 0.5) is 23.2 Å². The molecule has 0 aromatic heterocycles. The Morgan fingerprint density at radius 3 is 2.30 bits per heavy atom. The van der Waals surface area contributed by atoms with Crippen LogP contribution in [0.3, 0.4) is 0 Å². The molecule has 0 saturated heterocycles. The van der Waals surface area contributed by atoms with Crippen molar-refractivity contribution in [3.8, 4) is 5.75 Å². The van der Waals surface area contributed by atoms with Gasteiger partial charge in [0.15, 0.2) is 6.10 Å². The highest BCUT2D eigenvalue weighted by molar-refractivity contribution is 5.95. The van der Waals surface area contributed by atoms with Gasteiger partial charge in [-0.25, -0.2) is 4.39 Å². The van der Waals surface area contributed by atoms with Crippen LogP contribution < -0.4 is 10.1 Å². The summed E-state index contributed by atoms with van der Waals surface area (Å²) in [5, 5.41) is 2.39. The average molecular weight is 385 g/mol. The van der Waals surface area contributed by atoms with Gasteiger partial charge in [0.05, 0.1) is 6.42 Å². The van der Waals surface area contributed by atoms with E-state index in [1.165, 1.54) is 37.3 Å². The Bertz CT molecular complexity index is 806. The first-order valence-electron chi connectivity index (χ1n) is 7.73. The van der Waals surface area contributed by atoms with Crippen molar-refractivity contribution in [1.29, 1.82) is 0 Å². The summed E-state index contributed by atoms with van der Waals surface area (Å²) in [6, 6.07) is 10.1. The molecule has 2 aromatic carbocycles. The minimum atomic E-state index is -4.81. The molecule has 0 aliphatic carbocycles. The summed E-state index contributed by atoms with van der Waals surface area (Å²) in [7, 11) is 0. The molecule has 2 aromatic rings. The summed E-state index contributed by atoms with van der Waals surface area (Å²) >= 11 is 0. The Kier molecular flexibility index (Phi) is 6.38. The molecule has 1 atom stereocenters. The average Bonchev–Trinajstić information content (AvgIpc) is 2.57. The number of nitrogens with one attached hydrogen (secondary N) is 1. The lowest BCUT2D eigenvalue weighted by atomic mass is 10.1. The van der Waals surface area contributed by atoms with Crippen LogP contribution in [0.5, 0.6) is 5.75 Å². The molecule has 144 valence electrons. The van der Waals surface area contributed by atoms with Crippen LogP contribution in [-0.2, 0) is 20.7 Å². The lowest BCUT2D eigenvalue weighted by molar-refractivity contribution is -0.274. The maximum absolute atomic E-state index is 13.5. The first-order chi connectivity index (χ1) is 12.6. The van der Waals surface area contributed by atoms with Gasteiger partial charge in [-0.2, -0.15) is 0 Å². The minimum absolute atomic E-state index is 0.135. The third kappa shape index (κ3) is 6.61. The molecule has 0 bridgehead atoms. The summed E-state index contributed by atoms with van der Waals surface area (Å²) in [6.07, 6.45) is -6.34. The Labute approximate surface area is 151 Å². The van der Waals surface area contributed by atoms with Crippen LogP contribution in [0, 0.1) is 5.82 Å². The van der Waals surface area contributed by atoms with Gasteiger partial charge in [0.1, 0.15) is 11.6 Å². The molecule has 0 fully saturated rings. The van der Waals surface area contributed by atoms with E-state index in [1.54, 1.807) is 6.07 Å². The Morgan fingerprint density at radius 1 is 1.07 bits per heavy atom. The van der Waals surface area contributed by atoms with Crippen molar-refractivity contribution in [2.45, 2.75) is 25.8 Å². The second-order valence-electron chi connectivity index (χ2n) is 5.46. The number of amides is 1. The van der Waals surface area contributed by atoms with Crippen LogP contribution >= 0.6 is 0 Å². The van der Waals surface area contributed by atoms with E-state index in [2.05, 4.69) is 10.1 Å². The van der Waals surface area contributed by atoms with Gasteiger partial charge in [-0.05, 0) is 42.8 Å². The summed E-state index contributed by atoms with van der Waals surface area (Å²) in [6.45, 7) is 1.32. The van der Waals surface area contributed by atoms with E-state index in [-0.39, 0.29) is 17.7 Å². The van der Waals surface area contributed by atoms with Crippen LogP contribution in [0.1, 0.15) is 12.5 Å². The van der Waals surface area contributed by atoms with Crippen LogP contribution in [0.2, 0.25) is 0 Å². The zero-order valence-electron chi connectivity index (χ0n) is 14.0. The summed E-state index contributed by atoms with van der Waals surface area (Å²) in [5.41, 5.74) is 0.321. The zero-order chi connectivity index (χ0) is 20.0. The molecule has 1 N–H and O–H groups in total. The number of halogens is 4. The molecule has 1 amide bonds. The largest absolute Gasteiger partial charge is 0.573 e. The SMILES string of the molecule is C[C@H](OC(=O)Cc1ccccc1F)C(=O)Nc1ccc(OC(F)(F)F)cc1. The van der Waals surface area contributed by atoms with E-state index in [9.17, 15) is 27.2 Å². The fraction of sp³-hybridized carbons (Fsp3) is 0.222. The quantitative estimate of drug-likeness (QED) is 0.606. The van der Waals surface area contributed by atoms with Crippen molar-refractivity contribution in [1.82, 2.24) is 0 Å². The topological polar surface area (TPSA) is 64.6 Å². The normalized spacial score (nSPS) is 12.2. The predicted octanol–water partition coefficient (Wildman–Crippen LogP) is 3.84. The molecule has 2 rings (SSSR count). The minimum Gasteiger partial charge on any atom is -0.452 e. The van der Waals surface area contributed by atoms with Crippen LogP contribution in [0.25, 0.3) is 0 Å². The molecule has 5 nitrogen and oxygen atoms in total. The smallest absolute Gasteiger partial charge is 0.452 e. The van der Waals surface area contributed by atoms with Crippen molar-refractivity contribution < 1.29 is 36.6 Å².